The lowest BCUT2D eigenvalue weighted by molar-refractivity contribution is -0.275. The highest BCUT2D eigenvalue weighted by Crippen LogP contribution is 2.39. The van der Waals surface area contributed by atoms with Gasteiger partial charge in [-0.05, 0) is 62.9 Å². The molecule has 1 aliphatic rings. The third kappa shape index (κ3) is 6.23. The zero-order valence-corrected chi connectivity index (χ0v) is 20.0. The van der Waals surface area contributed by atoms with Gasteiger partial charge in [-0.25, -0.2) is 8.42 Å². The van der Waals surface area contributed by atoms with Crippen LogP contribution in [0.1, 0.15) is 37.0 Å². The number of alkyl halides is 6. The van der Waals surface area contributed by atoms with E-state index in [4.69, 9.17) is 0 Å². The molecule has 36 heavy (non-hydrogen) atoms. The average Bonchev–Trinajstić information content (AvgIpc) is 2.77. The van der Waals surface area contributed by atoms with Gasteiger partial charge in [0, 0.05) is 13.1 Å². The SMILES string of the molecule is CC(C)(C1CCN(C(=O)c2ccccc2OC(F)(F)F)CC1)S(=O)(=O)c1cccc(OC(F)(F)F)c1. The molecule has 0 aromatic heterocycles. The lowest BCUT2D eigenvalue weighted by atomic mass is 9.85. The second kappa shape index (κ2) is 9.83. The van der Waals surface area contributed by atoms with E-state index in [2.05, 4.69) is 9.47 Å². The number of piperidine rings is 1. The Balaban J connectivity index is 1.75. The molecule has 0 unspecified atom stereocenters. The maximum atomic E-state index is 13.3. The van der Waals surface area contributed by atoms with Crippen LogP contribution >= 0.6 is 0 Å². The number of para-hydroxylation sites is 1. The van der Waals surface area contributed by atoms with Crippen LogP contribution in [-0.4, -0.2) is 49.8 Å². The third-order valence-corrected chi connectivity index (χ3v) is 8.74. The van der Waals surface area contributed by atoms with E-state index in [1.165, 1.54) is 43.0 Å². The number of ether oxygens (including phenoxy) is 2. The van der Waals surface area contributed by atoms with Gasteiger partial charge in [0.05, 0.1) is 15.2 Å². The number of halogens is 6. The van der Waals surface area contributed by atoms with Gasteiger partial charge in [0.1, 0.15) is 11.5 Å². The first-order valence-corrected chi connectivity index (χ1v) is 12.2. The Morgan fingerprint density at radius 2 is 1.47 bits per heavy atom. The smallest absolute Gasteiger partial charge is 0.406 e. The van der Waals surface area contributed by atoms with Gasteiger partial charge in [-0.15, -0.1) is 26.3 Å². The van der Waals surface area contributed by atoms with Crippen LogP contribution in [0, 0.1) is 5.92 Å². The minimum absolute atomic E-state index is 0.0695. The van der Waals surface area contributed by atoms with Crippen molar-refractivity contribution in [1.29, 1.82) is 0 Å². The zero-order chi connectivity index (χ0) is 26.9. The maximum absolute atomic E-state index is 13.3. The number of benzene rings is 2. The highest BCUT2D eigenvalue weighted by atomic mass is 32.2. The van der Waals surface area contributed by atoms with Gasteiger partial charge in [-0.3, -0.25) is 4.79 Å². The van der Waals surface area contributed by atoms with E-state index in [1.54, 1.807) is 0 Å². The molecule has 2 aromatic carbocycles. The molecule has 6 nitrogen and oxygen atoms in total. The zero-order valence-electron chi connectivity index (χ0n) is 19.2. The molecular formula is C23H23F6NO5S. The van der Waals surface area contributed by atoms with Crippen LogP contribution in [0.3, 0.4) is 0 Å². The van der Waals surface area contributed by atoms with Crippen LogP contribution in [0.4, 0.5) is 26.3 Å². The predicted octanol–water partition coefficient (Wildman–Crippen LogP) is 5.59. The molecule has 13 heteroatoms. The summed E-state index contributed by atoms with van der Waals surface area (Å²) in [5.41, 5.74) is -0.276. The first-order chi connectivity index (χ1) is 16.5. The van der Waals surface area contributed by atoms with Crippen molar-refractivity contribution in [2.75, 3.05) is 13.1 Å². The van der Waals surface area contributed by atoms with Crippen molar-refractivity contribution in [3.8, 4) is 11.5 Å². The van der Waals surface area contributed by atoms with E-state index >= 15 is 0 Å². The molecule has 0 bridgehead atoms. The Labute approximate surface area is 203 Å². The Kier molecular flexibility index (Phi) is 7.54. The quantitative estimate of drug-likeness (QED) is 0.448. The van der Waals surface area contributed by atoms with Crippen molar-refractivity contribution in [1.82, 2.24) is 4.90 Å². The molecule has 0 aliphatic carbocycles. The Morgan fingerprint density at radius 1 is 0.889 bits per heavy atom. The van der Waals surface area contributed by atoms with Crippen LogP contribution in [0.5, 0.6) is 11.5 Å². The predicted molar refractivity (Wildman–Crippen MR) is 116 cm³/mol. The van der Waals surface area contributed by atoms with E-state index in [0.29, 0.717) is 0 Å². The summed E-state index contributed by atoms with van der Waals surface area (Å²) >= 11 is 0. The topological polar surface area (TPSA) is 72.9 Å². The number of hydrogen-bond donors (Lipinski definition) is 0. The number of carbonyl (C=O) groups excluding carboxylic acids is 1. The van der Waals surface area contributed by atoms with Crippen LogP contribution < -0.4 is 9.47 Å². The molecule has 0 atom stereocenters. The van der Waals surface area contributed by atoms with Crippen molar-refractivity contribution in [2.24, 2.45) is 5.92 Å². The molecule has 0 saturated carbocycles. The fourth-order valence-electron chi connectivity index (χ4n) is 4.17. The van der Waals surface area contributed by atoms with Crippen molar-refractivity contribution >= 4 is 15.7 Å². The summed E-state index contributed by atoms with van der Waals surface area (Å²) in [6, 6.07) is 9.05. The van der Waals surface area contributed by atoms with Gasteiger partial charge in [0.25, 0.3) is 5.91 Å². The number of rotatable bonds is 6. The molecule has 0 radical (unpaired) electrons. The molecule has 1 heterocycles. The number of amides is 1. The summed E-state index contributed by atoms with van der Waals surface area (Å²) in [7, 11) is -4.13. The lowest BCUT2D eigenvalue weighted by Gasteiger charge is -2.40. The summed E-state index contributed by atoms with van der Waals surface area (Å²) in [4.78, 5) is 13.9. The Morgan fingerprint density at radius 3 is 2.06 bits per heavy atom. The van der Waals surface area contributed by atoms with Crippen molar-refractivity contribution in [3.05, 3.63) is 54.1 Å². The number of carbonyl (C=O) groups is 1. The summed E-state index contributed by atoms with van der Waals surface area (Å²) in [5, 5.41) is 0. The van der Waals surface area contributed by atoms with Gasteiger partial charge < -0.3 is 14.4 Å². The van der Waals surface area contributed by atoms with Crippen molar-refractivity contribution in [2.45, 2.75) is 49.1 Å². The van der Waals surface area contributed by atoms with Crippen LogP contribution in [0.2, 0.25) is 0 Å². The summed E-state index contributed by atoms with van der Waals surface area (Å²) in [6.07, 6.45) is -9.55. The number of likely N-dealkylation sites (tertiary alicyclic amines) is 1. The Bertz CT molecular complexity index is 1200. The first kappa shape index (κ1) is 27.6. The second-order valence-corrected chi connectivity index (χ2v) is 11.3. The van der Waals surface area contributed by atoms with Crippen molar-refractivity contribution in [3.63, 3.8) is 0 Å². The van der Waals surface area contributed by atoms with E-state index < -0.39 is 50.6 Å². The number of sulfone groups is 1. The highest BCUT2D eigenvalue weighted by Gasteiger charge is 2.45. The number of nitrogens with zero attached hydrogens (tertiary/aromatic N) is 1. The normalized spacial score (nSPS) is 16.1. The molecule has 0 spiro atoms. The largest absolute Gasteiger partial charge is 0.573 e. The molecule has 1 amide bonds. The third-order valence-electron chi connectivity index (χ3n) is 6.15. The molecule has 198 valence electrons. The minimum atomic E-state index is -4.99. The number of hydrogen-bond acceptors (Lipinski definition) is 5. The van der Waals surface area contributed by atoms with Crippen LogP contribution in [0.25, 0.3) is 0 Å². The minimum Gasteiger partial charge on any atom is -0.406 e. The van der Waals surface area contributed by atoms with Gasteiger partial charge in [0.15, 0.2) is 9.84 Å². The van der Waals surface area contributed by atoms with E-state index in [9.17, 15) is 39.6 Å². The molecule has 1 saturated heterocycles. The molecule has 2 aromatic rings. The molecule has 3 rings (SSSR count). The fraction of sp³-hybridized carbons (Fsp3) is 0.435. The Hall–Kier alpha value is -2.96. The molecular weight excluding hydrogens is 516 g/mol. The molecule has 1 aliphatic heterocycles. The summed E-state index contributed by atoms with van der Waals surface area (Å²) in [6.45, 7) is 3.04. The standard InChI is InChI=1S/C23H23F6NO5S/c1-21(2,36(32,33)17-7-5-6-16(14-17)34-22(24,25)26)15-10-12-30(13-11-15)20(31)18-8-3-4-9-19(18)35-23(27,28)29/h3-9,14-15H,10-13H2,1-2H3. The first-order valence-electron chi connectivity index (χ1n) is 10.8. The van der Waals surface area contributed by atoms with Gasteiger partial charge in [0.2, 0.25) is 0 Å². The summed E-state index contributed by atoms with van der Waals surface area (Å²) < 4.78 is 109. The summed E-state index contributed by atoms with van der Waals surface area (Å²) in [5.74, 6) is -2.48. The van der Waals surface area contributed by atoms with Crippen LogP contribution in [0.15, 0.2) is 53.4 Å². The van der Waals surface area contributed by atoms with E-state index in [0.717, 1.165) is 24.3 Å². The van der Waals surface area contributed by atoms with Crippen LogP contribution in [-0.2, 0) is 9.84 Å². The van der Waals surface area contributed by atoms with Gasteiger partial charge in [-0.2, -0.15) is 0 Å². The lowest BCUT2D eigenvalue weighted by Crippen LogP contribution is -2.47. The van der Waals surface area contributed by atoms with Gasteiger partial charge in [-0.1, -0.05) is 18.2 Å². The van der Waals surface area contributed by atoms with E-state index in [-0.39, 0.29) is 36.4 Å². The van der Waals surface area contributed by atoms with Crippen molar-refractivity contribution < 1.29 is 49.0 Å². The maximum Gasteiger partial charge on any atom is 0.573 e. The van der Waals surface area contributed by atoms with Gasteiger partial charge >= 0.3 is 12.7 Å². The fourth-order valence-corrected chi connectivity index (χ4v) is 5.98. The molecule has 0 N–H and O–H groups in total. The highest BCUT2D eigenvalue weighted by molar-refractivity contribution is 7.92. The van der Waals surface area contributed by atoms with E-state index in [1.807, 2.05) is 0 Å². The monoisotopic (exact) mass is 539 g/mol. The molecule has 1 fully saturated rings. The average molecular weight is 539 g/mol. The second-order valence-electron chi connectivity index (χ2n) is 8.74.